The highest BCUT2D eigenvalue weighted by Gasteiger charge is 2.12. The molecule has 0 saturated heterocycles. The zero-order valence-electron chi connectivity index (χ0n) is 7.52. The van der Waals surface area contributed by atoms with Crippen LogP contribution in [0.1, 0.15) is 25.7 Å². The maximum Gasteiger partial charge on any atom is 0.0602 e. The molecule has 1 saturated carbocycles. The number of rotatable bonds is 6. The van der Waals surface area contributed by atoms with E-state index in [1.54, 1.807) is 0 Å². The molecule has 0 amide bonds. The lowest BCUT2D eigenvalue weighted by Crippen LogP contribution is -2.29. The van der Waals surface area contributed by atoms with Crippen LogP contribution in [0.25, 0.3) is 0 Å². The zero-order valence-corrected chi connectivity index (χ0v) is 8.28. The molecule has 1 aliphatic rings. The first-order chi connectivity index (χ1) is 5.93. The van der Waals surface area contributed by atoms with Crippen molar-refractivity contribution in [1.29, 1.82) is 0 Å². The van der Waals surface area contributed by atoms with E-state index in [4.69, 9.17) is 16.3 Å². The third-order valence-electron chi connectivity index (χ3n) is 2.26. The van der Waals surface area contributed by atoms with Crippen molar-refractivity contribution < 1.29 is 4.74 Å². The molecule has 2 nitrogen and oxygen atoms in total. The Labute approximate surface area is 79.6 Å². The molecule has 0 spiro atoms. The molecule has 3 heteroatoms. The van der Waals surface area contributed by atoms with Gasteiger partial charge in [0.15, 0.2) is 0 Å². The Morgan fingerprint density at radius 1 is 1.25 bits per heavy atom. The standard InChI is InChI=1S/C9H18ClNO/c10-5-7-12-8-6-11-9-3-1-2-4-9/h9,11H,1-8H2. The molecule has 1 rings (SSSR count). The topological polar surface area (TPSA) is 21.3 Å². The first-order valence-electron chi connectivity index (χ1n) is 4.80. The van der Waals surface area contributed by atoms with Crippen LogP contribution >= 0.6 is 11.6 Å². The predicted octanol–water partition coefficient (Wildman–Crippen LogP) is 1.77. The largest absolute Gasteiger partial charge is 0.379 e. The Hall–Kier alpha value is 0.210. The van der Waals surface area contributed by atoms with E-state index in [2.05, 4.69) is 5.32 Å². The van der Waals surface area contributed by atoms with Gasteiger partial charge in [0.2, 0.25) is 0 Å². The molecule has 0 atom stereocenters. The van der Waals surface area contributed by atoms with Gasteiger partial charge >= 0.3 is 0 Å². The van der Waals surface area contributed by atoms with Crippen molar-refractivity contribution in [3.05, 3.63) is 0 Å². The van der Waals surface area contributed by atoms with Crippen molar-refractivity contribution in [2.24, 2.45) is 0 Å². The third kappa shape index (κ3) is 4.29. The second kappa shape index (κ2) is 6.70. The summed E-state index contributed by atoms with van der Waals surface area (Å²) in [6.07, 6.45) is 5.46. The van der Waals surface area contributed by atoms with E-state index in [0.29, 0.717) is 12.5 Å². The van der Waals surface area contributed by atoms with Crippen LogP contribution in [-0.4, -0.2) is 31.7 Å². The Bertz CT molecular complexity index is 105. The summed E-state index contributed by atoms with van der Waals surface area (Å²) in [4.78, 5) is 0. The molecular weight excluding hydrogens is 174 g/mol. The van der Waals surface area contributed by atoms with Gasteiger partial charge in [-0.2, -0.15) is 0 Å². The van der Waals surface area contributed by atoms with Gasteiger partial charge in [-0.05, 0) is 12.8 Å². The number of ether oxygens (including phenoxy) is 1. The summed E-state index contributed by atoms with van der Waals surface area (Å²) in [6.45, 7) is 2.44. The van der Waals surface area contributed by atoms with Crippen LogP contribution < -0.4 is 5.32 Å². The van der Waals surface area contributed by atoms with Crippen molar-refractivity contribution in [3.63, 3.8) is 0 Å². The van der Waals surface area contributed by atoms with E-state index in [1.807, 2.05) is 0 Å². The Morgan fingerprint density at radius 2 is 2.00 bits per heavy atom. The predicted molar refractivity (Wildman–Crippen MR) is 51.8 cm³/mol. The van der Waals surface area contributed by atoms with Crippen LogP contribution in [-0.2, 0) is 4.74 Å². The molecule has 0 aromatic heterocycles. The number of alkyl halides is 1. The highest BCUT2D eigenvalue weighted by molar-refractivity contribution is 6.17. The van der Waals surface area contributed by atoms with E-state index in [-0.39, 0.29) is 0 Å². The van der Waals surface area contributed by atoms with Gasteiger partial charge in [-0.3, -0.25) is 0 Å². The van der Waals surface area contributed by atoms with Gasteiger partial charge in [0, 0.05) is 18.5 Å². The molecule has 1 N–H and O–H groups in total. The highest BCUT2D eigenvalue weighted by atomic mass is 35.5. The lowest BCUT2D eigenvalue weighted by atomic mass is 10.2. The molecule has 0 aliphatic heterocycles. The number of hydrogen-bond donors (Lipinski definition) is 1. The molecule has 0 heterocycles. The molecule has 72 valence electrons. The van der Waals surface area contributed by atoms with Crippen molar-refractivity contribution in [3.8, 4) is 0 Å². The van der Waals surface area contributed by atoms with Gasteiger partial charge in [0.1, 0.15) is 0 Å². The summed E-state index contributed by atoms with van der Waals surface area (Å²) in [5.74, 6) is 0.601. The van der Waals surface area contributed by atoms with Crippen molar-refractivity contribution >= 4 is 11.6 Å². The molecule has 0 radical (unpaired) electrons. The molecule has 12 heavy (non-hydrogen) atoms. The minimum atomic E-state index is 0.601. The number of hydrogen-bond acceptors (Lipinski definition) is 2. The van der Waals surface area contributed by atoms with Gasteiger partial charge in [0.05, 0.1) is 13.2 Å². The second-order valence-electron chi connectivity index (χ2n) is 3.24. The van der Waals surface area contributed by atoms with Crippen LogP contribution in [0.4, 0.5) is 0 Å². The molecular formula is C9H18ClNO. The fourth-order valence-electron chi connectivity index (χ4n) is 1.62. The summed E-state index contributed by atoms with van der Waals surface area (Å²) in [5.41, 5.74) is 0. The molecule has 1 fully saturated rings. The number of nitrogens with one attached hydrogen (secondary N) is 1. The van der Waals surface area contributed by atoms with Crippen molar-refractivity contribution in [2.75, 3.05) is 25.6 Å². The maximum atomic E-state index is 5.46. The normalized spacial score (nSPS) is 18.8. The van der Waals surface area contributed by atoms with Crippen LogP contribution in [0, 0.1) is 0 Å². The summed E-state index contributed by atoms with van der Waals surface area (Å²) in [7, 11) is 0. The smallest absolute Gasteiger partial charge is 0.0602 e. The molecule has 0 bridgehead atoms. The Balaban J connectivity index is 1.81. The van der Waals surface area contributed by atoms with E-state index >= 15 is 0 Å². The van der Waals surface area contributed by atoms with Gasteiger partial charge in [-0.15, -0.1) is 11.6 Å². The lowest BCUT2D eigenvalue weighted by Gasteiger charge is -2.10. The second-order valence-corrected chi connectivity index (χ2v) is 3.61. The van der Waals surface area contributed by atoms with Crippen molar-refractivity contribution in [1.82, 2.24) is 5.32 Å². The quantitative estimate of drug-likeness (QED) is 0.511. The minimum absolute atomic E-state index is 0.601. The highest BCUT2D eigenvalue weighted by Crippen LogP contribution is 2.17. The monoisotopic (exact) mass is 191 g/mol. The Morgan fingerprint density at radius 3 is 2.67 bits per heavy atom. The van der Waals surface area contributed by atoms with Gasteiger partial charge in [0.25, 0.3) is 0 Å². The maximum absolute atomic E-state index is 5.46. The average Bonchev–Trinajstić information content (AvgIpc) is 2.57. The zero-order chi connectivity index (χ0) is 8.65. The molecule has 0 aromatic rings. The third-order valence-corrected chi connectivity index (χ3v) is 2.41. The van der Waals surface area contributed by atoms with Gasteiger partial charge in [-0.25, -0.2) is 0 Å². The van der Waals surface area contributed by atoms with Crippen LogP contribution in [0.5, 0.6) is 0 Å². The fourth-order valence-corrected chi connectivity index (χ4v) is 1.73. The summed E-state index contributed by atoms with van der Waals surface area (Å²) < 4.78 is 5.25. The summed E-state index contributed by atoms with van der Waals surface area (Å²) >= 11 is 5.46. The van der Waals surface area contributed by atoms with Crippen LogP contribution in [0.2, 0.25) is 0 Å². The van der Waals surface area contributed by atoms with Crippen LogP contribution in [0.15, 0.2) is 0 Å². The number of halogens is 1. The average molecular weight is 192 g/mol. The van der Waals surface area contributed by atoms with E-state index in [1.165, 1.54) is 25.7 Å². The van der Waals surface area contributed by atoms with E-state index in [9.17, 15) is 0 Å². The first kappa shape index (κ1) is 10.3. The van der Waals surface area contributed by atoms with Crippen LogP contribution in [0.3, 0.4) is 0 Å². The van der Waals surface area contributed by atoms with Gasteiger partial charge in [-0.1, -0.05) is 12.8 Å². The SMILES string of the molecule is ClCCOCCNC1CCCC1. The van der Waals surface area contributed by atoms with E-state index in [0.717, 1.165) is 19.2 Å². The van der Waals surface area contributed by atoms with Gasteiger partial charge < -0.3 is 10.1 Å². The first-order valence-corrected chi connectivity index (χ1v) is 5.34. The summed E-state index contributed by atoms with van der Waals surface area (Å²) in [6, 6.07) is 0.754. The van der Waals surface area contributed by atoms with E-state index < -0.39 is 0 Å². The summed E-state index contributed by atoms with van der Waals surface area (Å²) in [5, 5.41) is 3.47. The minimum Gasteiger partial charge on any atom is -0.379 e. The van der Waals surface area contributed by atoms with Crippen molar-refractivity contribution in [2.45, 2.75) is 31.7 Å². The molecule has 0 aromatic carbocycles. The Kier molecular flexibility index (Phi) is 5.74. The fraction of sp³-hybridized carbons (Fsp3) is 1.00. The molecule has 1 aliphatic carbocycles. The molecule has 0 unspecified atom stereocenters. The lowest BCUT2D eigenvalue weighted by molar-refractivity contribution is 0.148.